The summed E-state index contributed by atoms with van der Waals surface area (Å²) in [6.07, 6.45) is 2.08. The van der Waals surface area contributed by atoms with E-state index < -0.39 is 0 Å². The summed E-state index contributed by atoms with van der Waals surface area (Å²) in [6, 6.07) is 7.61. The Bertz CT molecular complexity index is 339. The van der Waals surface area contributed by atoms with Crippen LogP contribution in [-0.2, 0) is 0 Å². The Morgan fingerprint density at radius 1 is 1.44 bits per heavy atom. The molecule has 1 unspecified atom stereocenters. The van der Waals surface area contributed by atoms with Crippen LogP contribution < -0.4 is 5.32 Å². The Morgan fingerprint density at radius 2 is 2.06 bits per heavy atom. The molecule has 1 N–H and O–H groups in total. The average Bonchev–Trinajstić information content (AvgIpc) is 2.27. The van der Waals surface area contributed by atoms with Crippen LogP contribution in [0.2, 0.25) is 0 Å². The fraction of sp³-hybridized carbons (Fsp3) is 0.417. The van der Waals surface area contributed by atoms with Crippen LogP contribution in [0.4, 0.5) is 0 Å². The predicted molar refractivity (Wildman–Crippen MR) is 79.0 cm³/mol. The number of hydrogen-bond donors (Lipinski definition) is 1. The summed E-state index contributed by atoms with van der Waals surface area (Å²) in [5, 5.41) is 2.95. The second-order valence-electron chi connectivity index (χ2n) is 3.78. The van der Waals surface area contributed by atoms with Crippen molar-refractivity contribution in [2.75, 3.05) is 18.6 Å². The van der Waals surface area contributed by atoms with Gasteiger partial charge in [-0.1, -0.05) is 6.92 Å². The summed E-state index contributed by atoms with van der Waals surface area (Å²) in [5.74, 6) is 1.61. The van der Waals surface area contributed by atoms with Crippen molar-refractivity contribution < 1.29 is 4.79 Å². The molecule has 0 fully saturated rings. The van der Waals surface area contributed by atoms with Crippen LogP contribution in [0.5, 0.6) is 0 Å². The largest absolute Gasteiger partial charge is 0.352 e. The van der Waals surface area contributed by atoms with Crippen molar-refractivity contribution in [2.45, 2.75) is 6.92 Å². The van der Waals surface area contributed by atoms with Crippen LogP contribution in [0.15, 0.2) is 24.3 Å². The van der Waals surface area contributed by atoms with Gasteiger partial charge >= 0.3 is 0 Å². The lowest BCUT2D eigenvalue weighted by Gasteiger charge is -2.11. The number of rotatable bonds is 5. The normalized spacial score (nSPS) is 12.2. The number of amides is 1. The lowest BCUT2D eigenvalue weighted by Crippen LogP contribution is -2.29. The van der Waals surface area contributed by atoms with Crippen LogP contribution in [0.1, 0.15) is 17.3 Å². The highest BCUT2D eigenvalue weighted by Gasteiger charge is 2.07. The van der Waals surface area contributed by atoms with E-state index in [1.165, 1.54) is 0 Å². The Kier molecular flexibility index (Phi) is 6.20. The topological polar surface area (TPSA) is 29.1 Å². The molecular formula is C12H16INOS. The smallest absolute Gasteiger partial charge is 0.251 e. The van der Waals surface area contributed by atoms with E-state index in [2.05, 4.69) is 41.1 Å². The molecule has 1 rings (SSSR count). The standard InChI is InChI=1S/C12H16INOS/c1-9(8-16-2)7-14-12(15)10-3-5-11(13)6-4-10/h3-6,9H,7-8H2,1-2H3,(H,14,15). The van der Waals surface area contributed by atoms with Crippen molar-refractivity contribution in [2.24, 2.45) is 5.92 Å². The molecule has 4 heteroatoms. The van der Waals surface area contributed by atoms with Crippen molar-refractivity contribution >= 4 is 40.3 Å². The van der Waals surface area contributed by atoms with Crippen LogP contribution in [0.3, 0.4) is 0 Å². The van der Waals surface area contributed by atoms with Crippen LogP contribution in [0.25, 0.3) is 0 Å². The minimum absolute atomic E-state index is 0.0179. The van der Waals surface area contributed by atoms with E-state index in [1.54, 1.807) is 11.8 Å². The van der Waals surface area contributed by atoms with Crippen molar-refractivity contribution in [3.05, 3.63) is 33.4 Å². The van der Waals surface area contributed by atoms with E-state index in [-0.39, 0.29) is 5.91 Å². The average molecular weight is 349 g/mol. The molecule has 0 spiro atoms. The van der Waals surface area contributed by atoms with Gasteiger partial charge in [-0.3, -0.25) is 4.79 Å². The summed E-state index contributed by atoms with van der Waals surface area (Å²) in [7, 11) is 0. The molecule has 0 heterocycles. The minimum atomic E-state index is 0.0179. The van der Waals surface area contributed by atoms with Gasteiger partial charge in [0.05, 0.1) is 0 Å². The molecule has 0 aromatic heterocycles. The molecule has 1 atom stereocenters. The summed E-state index contributed by atoms with van der Waals surface area (Å²) in [5.41, 5.74) is 0.733. The summed E-state index contributed by atoms with van der Waals surface area (Å²) < 4.78 is 1.14. The van der Waals surface area contributed by atoms with Gasteiger partial charge < -0.3 is 5.32 Å². The van der Waals surface area contributed by atoms with Gasteiger partial charge in [0.25, 0.3) is 5.91 Å². The van der Waals surface area contributed by atoms with E-state index in [1.807, 2.05) is 24.3 Å². The first-order chi connectivity index (χ1) is 7.63. The van der Waals surface area contributed by atoms with Gasteiger partial charge in [-0.15, -0.1) is 0 Å². The van der Waals surface area contributed by atoms with Crippen LogP contribution in [0, 0.1) is 9.49 Å². The van der Waals surface area contributed by atoms with Gasteiger partial charge in [0.1, 0.15) is 0 Å². The van der Waals surface area contributed by atoms with Crippen molar-refractivity contribution in [3.63, 3.8) is 0 Å². The van der Waals surface area contributed by atoms with Gasteiger partial charge in [0.2, 0.25) is 0 Å². The van der Waals surface area contributed by atoms with E-state index in [0.29, 0.717) is 5.92 Å². The van der Waals surface area contributed by atoms with Gasteiger partial charge in [-0.25, -0.2) is 0 Å². The van der Waals surface area contributed by atoms with Gasteiger partial charge in [0, 0.05) is 15.7 Å². The Labute approximate surface area is 115 Å². The first kappa shape index (κ1) is 13.8. The molecule has 2 nitrogen and oxygen atoms in total. The lowest BCUT2D eigenvalue weighted by molar-refractivity contribution is 0.0949. The maximum atomic E-state index is 11.7. The molecule has 0 aliphatic carbocycles. The zero-order valence-corrected chi connectivity index (χ0v) is 12.5. The molecule has 0 radical (unpaired) electrons. The molecule has 0 bridgehead atoms. The number of benzene rings is 1. The number of thioether (sulfide) groups is 1. The third-order valence-electron chi connectivity index (χ3n) is 2.17. The predicted octanol–water partition coefficient (Wildman–Crippen LogP) is 3.02. The van der Waals surface area contributed by atoms with Gasteiger partial charge in [-0.05, 0) is 64.8 Å². The zero-order valence-electron chi connectivity index (χ0n) is 9.50. The summed E-state index contributed by atoms with van der Waals surface area (Å²) in [4.78, 5) is 11.7. The molecule has 0 aliphatic heterocycles. The first-order valence-electron chi connectivity index (χ1n) is 5.16. The van der Waals surface area contributed by atoms with E-state index in [9.17, 15) is 4.79 Å². The zero-order chi connectivity index (χ0) is 12.0. The maximum absolute atomic E-state index is 11.7. The fourth-order valence-corrected chi connectivity index (χ4v) is 2.36. The number of carbonyl (C=O) groups excluding carboxylic acids is 1. The maximum Gasteiger partial charge on any atom is 0.251 e. The first-order valence-corrected chi connectivity index (χ1v) is 7.63. The van der Waals surface area contributed by atoms with Gasteiger partial charge in [-0.2, -0.15) is 11.8 Å². The Balaban J connectivity index is 2.43. The fourth-order valence-electron chi connectivity index (χ4n) is 1.31. The van der Waals surface area contributed by atoms with Crippen LogP contribution >= 0.6 is 34.4 Å². The minimum Gasteiger partial charge on any atom is -0.352 e. The van der Waals surface area contributed by atoms with Crippen LogP contribution in [-0.4, -0.2) is 24.5 Å². The van der Waals surface area contributed by atoms with E-state index in [4.69, 9.17) is 0 Å². The number of carbonyl (C=O) groups is 1. The highest BCUT2D eigenvalue weighted by atomic mass is 127. The molecule has 0 saturated heterocycles. The molecule has 88 valence electrons. The highest BCUT2D eigenvalue weighted by Crippen LogP contribution is 2.07. The molecule has 1 amide bonds. The SMILES string of the molecule is CSCC(C)CNC(=O)c1ccc(I)cc1. The van der Waals surface area contributed by atoms with Crippen molar-refractivity contribution in [3.8, 4) is 0 Å². The third-order valence-corrected chi connectivity index (χ3v) is 3.79. The quantitative estimate of drug-likeness (QED) is 0.828. The molecule has 16 heavy (non-hydrogen) atoms. The summed E-state index contributed by atoms with van der Waals surface area (Å²) >= 11 is 4.04. The van der Waals surface area contributed by atoms with E-state index in [0.717, 1.165) is 21.4 Å². The van der Waals surface area contributed by atoms with Gasteiger partial charge in [0.15, 0.2) is 0 Å². The second kappa shape index (κ2) is 7.17. The second-order valence-corrected chi connectivity index (χ2v) is 5.93. The Hall–Kier alpha value is -0.230. The van der Waals surface area contributed by atoms with Crippen molar-refractivity contribution in [1.29, 1.82) is 0 Å². The Morgan fingerprint density at radius 3 is 2.62 bits per heavy atom. The third kappa shape index (κ3) is 4.74. The van der Waals surface area contributed by atoms with E-state index >= 15 is 0 Å². The molecule has 0 saturated carbocycles. The molecule has 1 aromatic carbocycles. The molecule has 0 aliphatic rings. The number of halogens is 1. The van der Waals surface area contributed by atoms with Crippen molar-refractivity contribution in [1.82, 2.24) is 5.32 Å². The monoisotopic (exact) mass is 349 g/mol. The number of hydrogen-bond acceptors (Lipinski definition) is 2. The molecular weight excluding hydrogens is 333 g/mol. The summed E-state index contributed by atoms with van der Waals surface area (Å²) in [6.45, 7) is 2.89. The molecule has 1 aromatic rings. The number of nitrogens with one attached hydrogen (secondary N) is 1. The lowest BCUT2D eigenvalue weighted by atomic mass is 10.2. The highest BCUT2D eigenvalue weighted by molar-refractivity contribution is 14.1.